The molecular formula is C29H39N3O3. The fourth-order valence-electron chi connectivity index (χ4n) is 5.99. The van der Waals surface area contributed by atoms with Gasteiger partial charge in [0, 0.05) is 75.1 Å². The van der Waals surface area contributed by atoms with Gasteiger partial charge in [0.25, 0.3) is 0 Å². The first-order valence-electron chi connectivity index (χ1n) is 13.1. The molecule has 0 saturated carbocycles. The van der Waals surface area contributed by atoms with Crippen molar-refractivity contribution < 1.29 is 14.6 Å². The van der Waals surface area contributed by atoms with E-state index in [2.05, 4.69) is 55.0 Å². The zero-order valence-corrected chi connectivity index (χ0v) is 21.3. The average molecular weight is 478 g/mol. The molecule has 3 aliphatic rings. The standard InChI is InChI=1S/C29H39N3O3/c1-21-19-31(20-22(2)30(21)3)27-7-5-4-6-23(27)18-24-12-15-32(28(24)33)26-10-8-25(9-11-26)29(34)13-16-35-17-14-29/h4-11,21-22,24,34H,12-20H2,1-3H3. The highest BCUT2D eigenvalue weighted by Crippen LogP contribution is 2.35. The molecule has 1 N–H and O–H groups in total. The van der Waals surface area contributed by atoms with E-state index in [9.17, 15) is 9.90 Å². The summed E-state index contributed by atoms with van der Waals surface area (Å²) in [6, 6.07) is 17.6. The number of rotatable bonds is 5. The van der Waals surface area contributed by atoms with Crippen LogP contribution in [-0.2, 0) is 21.6 Å². The summed E-state index contributed by atoms with van der Waals surface area (Å²) >= 11 is 0. The first-order valence-corrected chi connectivity index (χ1v) is 13.1. The molecule has 3 aliphatic heterocycles. The van der Waals surface area contributed by atoms with Crippen molar-refractivity contribution in [3.8, 4) is 0 Å². The van der Waals surface area contributed by atoms with E-state index in [1.807, 2.05) is 29.2 Å². The number of carbonyl (C=O) groups excluding carboxylic acids is 1. The van der Waals surface area contributed by atoms with Gasteiger partial charge in [0.2, 0.25) is 5.91 Å². The summed E-state index contributed by atoms with van der Waals surface area (Å²) in [7, 11) is 2.21. The minimum atomic E-state index is -0.823. The summed E-state index contributed by atoms with van der Waals surface area (Å²) in [6.45, 7) is 8.49. The second-order valence-electron chi connectivity index (χ2n) is 10.8. The third kappa shape index (κ3) is 4.84. The van der Waals surface area contributed by atoms with Crippen molar-refractivity contribution >= 4 is 17.3 Å². The number of hydrogen-bond donors (Lipinski definition) is 1. The molecule has 35 heavy (non-hydrogen) atoms. The van der Waals surface area contributed by atoms with Gasteiger partial charge in [-0.15, -0.1) is 0 Å². The Bertz CT molecular complexity index is 1020. The van der Waals surface area contributed by atoms with Crippen LogP contribution in [0.15, 0.2) is 48.5 Å². The zero-order chi connectivity index (χ0) is 24.6. The minimum Gasteiger partial charge on any atom is -0.385 e. The summed E-state index contributed by atoms with van der Waals surface area (Å²) in [5.74, 6) is 0.204. The van der Waals surface area contributed by atoms with Crippen molar-refractivity contribution in [2.75, 3.05) is 49.7 Å². The van der Waals surface area contributed by atoms with Crippen LogP contribution in [0.3, 0.4) is 0 Å². The van der Waals surface area contributed by atoms with Crippen LogP contribution in [0.2, 0.25) is 0 Å². The largest absolute Gasteiger partial charge is 0.385 e. The second kappa shape index (κ2) is 9.92. The van der Waals surface area contributed by atoms with E-state index in [0.29, 0.717) is 38.1 Å². The number of carbonyl (C=O) groups is 1. The molecule has 0 aromatic heterocycles. The molecule has 2 aromatic rings. The van der Waals surface area contributed by atoms with Gasteiger partial charge in [0.1, 0.15) is 0 Å². The molecule has 3 heterocycles. The van der Waals surface area contributed by atoms with Crippen LogP contribution in [0, 0.1) is 5.92 Å². The number of amides is 1. The molecule has 3 unspecified atom stereocenters. The zero-order valence-electron chi connectivity index (χ0n) is 21.3. The van der Waals surface area contributed by atoms with Gasteiger partial charge in [-0.1, -0.05) is 30.3 Å². The minimum absolute atomic E-state index is 0.00202. The number of nitrogens with zero attached hydrogens (tertiary/aromatic N) is 3. The normalized spacial score (nSPS) is 27.4. The highest BCUT2D eigenvalue weighted by molar-refractivity contribution is 5.97. The predicted molar refractivity (Wildman–Crippen MR) is 140 cm³/mol. The quantitative estimate of drug-likeness (QED) is 0.710. The summed E-state index contributed by atoms with van der Waals surface area (Å²) < 4.78 is 5.41. The highest BCUT2D eigenvalue weighted by Gasteiger charge is 2.35. The molecule has 188 valence electrons. The van der Waals surface area contributed by atoms with Gasteiger partial charge < -0.3 is 19.6 Å². The number of benzene rings is 2. The topological polar surface area (TPSA) is 56.2 Å². The van der Waals surface area contributed by atoms with Crippen LogP contribution >= 0.6 is 0 Å². The Morgan fingerprint density at radius 3 is 2.34 bits per heavy atom. The number of para-hydroxylation sites is 1. The van der Waals surface area contributed by atoms with E-state index in [1.54, 1.807) is 0 Å². The van der Waals surface area contributed by atoms with Crippen LogP contribution in [0.4, 0.5) is 11.4 Å². The molecule has 2 aromatic carbocycles. The number of ether oxygens (including phenoxy) is 1. The molecule has 1 amide bonds. The van der Waals surface area contributed by atoms with Crippen LogP contribution in [0.1, 0.15) is 44.2 Å². The molecule has 0 spiro atoms. The van der Waals surface area contributed by atoms with Gasteiger partial charge in [-0.2, -0.15) is 0 Å². The summed E-state index contributed by atoms with van der Waals surface area (Å²) in [5, 5.41) is 11.0. The third-order valence-corrected chi connectivity index (χ3v) is 8.51. The van der Waals surface area contributed by atoms with E-state index in [0.717, 1.165) is 43.7 Å². The SMILES string of the molecule is CC1CN(c2ccccc2CC2CCN(c3ccc(C4(O)CCOCC4)cc3)C2=O)CC(C)N1C. The monoisotopic (exact) mass is 477 g/mol. The van der Waals surface area contributed by atoms with Crippen LogP contribution in [0.25, 0.3) is 0 Å². The molecule has 0 radical (unpaired) electrons. The van der Waals surface area contributed by atoms with Crippen LogP contribution in [0.5, 0.6) is 0 Å². The number of likely N-dealkylation sites (N-methyl/N-ethyl adjacent to an activating group) is 1. The molecule has 3 fully saturated rings. The van der Waals surface area contributed by atoms with Gasteiger partial charge >= 0.3 is 0 Å². The van der Waals surface area contributed by atoms with Gasteiger partial charge in [-0.25, -0.2) is 0 Å². The molecule has 0 aliphatic carbocycles. The van der Waals surface area contributed by atoms with Gasteiger partial charge in [-0.3, -0.25) is 9.69 Å². The maximum atomic E-state index is 13.4. The van der Waals surface area contributed by atoms with Crippen molar-refractivity contribution in [3.05, 3.63) is 59.7 Å². The smallest absolute Gasteiger partial charge is 0.230 e. The lowest BCUT2D eigenvalue weighted by molar-refractivity contribution is -0.120. The Kier molecular flexibility index (Phi) is 6.88. The Balaban J connectivity index is 1.28. The molecule has 6 nitrogen and oxygen atoms in total. The van der Waals surface area contributed by atoms with Crippen molar-refractivity contribution in [2.24, 2.45) is 5.92 Å². The molecule has 3 saturated heterocycles. The van der Waals surface area contributed by atoms with Crippen molar-refractivity contribution in [2.45, 2.75) is 57.2 Å². The second-order valence-corrected chi connectivity index (χ2v) is 10.8. The first-order chi connectivity index (χ1) is 16.9. The highest BCUT2D eigenvalue weighted by atomic mass is 16.5. The van der Waals surface area contributed by atoms with E-state index < -0.39 is 5.60 Å². The molecule has 0 bridgehead atoms. The molecule has 5 rings (SSSR count). The lowest BCUT2D eigenvalue weighted by atomic mass is 9.86. The third-order valence-electron chi connectivity index (χ3n) is 8.51. The van der Waals surface area contributed by atoms with Crippen molar-refractivity contribution in [1.29, 1.82) is 0 Å². The summed E-state index contributed by atoms with van der Waals surface area (Å²) in [6.07, 6.45) is 2.87. The van der Waals surface area contributed by atoms with E-state index >= 15 is 0 Å². The lowest BCUT2D eigenvalue weighted by Crippen LogP contribution is -2.55. The maximum absolute atomic E-state index is 13.4. The molecule has 3 atom stereocenters. The fraction of sp³-hybridized carbons (Fsp3) is 0.552. The first kappa shape index (κ1) is 24.3. The Morgan fingerprint density at radius 1 is 1.00 bits per heavy atom. The van der Waals surface area contributed by atoms with Crippen molar-refractivity contribution in [1.82, 2.24) is 4.90 Å². The Hall–Kier alpha value is -2.41. The predicted octanol–water partition coefficient (Wildman–Crippen LogP) is 3.81. The Morgan fingerprint density at radius 2 is 1.66 bits per heavy atom. The van der Waals surface area contributed by atoms with E-state index in [-0.39, 0.29) is 11.8 Å². The van der Waals surface area contributed by atoms with E-state index in [1.165, 1.54) is 11.3 Å². The van der Waals surface area contributed by atoms with Crippen LogP contribution < -0.4 is 9.80 Å². The molecule has 6 heteroatoms. The molecular weight excluding hydrogens is 438 g/mol. The lowest BCUT2D eigenvalue weighted by Gasteiger charge is -2.44. The number of aliphatic hydroxyl groups is 1. The maximum Gasteiger partial charge on any atom is 0.230 e. The summed E-state index contributed by atoms with van der Waals surface area (Å²) in [5.41, 5.74) is 3.56. The van der Waals surface area contributed by atoms with Crippen LogP contribution in [-0.4, -0.2) is 67.9 Å². The van der Waals surface area contributed by atoms with Crippen molar-refractivity contribution in [3.63, 3.8) is 0 Å². The van der Waals surface area contributed by atoms with Gasteiger partial charge in [0.05, 0.1) is 5.60 Å². The summed E-state index contributed by atoms with van der Waals surface area (Å²) in [4.78, 5) is 20.3. The van der Waals surface area contributed by atoms with Gasteiger partial charge in [0.15, 0.2) is 0 Å². The number of anilines is 2. The number of piperazine rings is 1. The Labute approximate surface area is 209 Å². The fourth-order valence-corrected chi connectivity index (χ4v) is 5.99. The van der Waals surface area contributed by atoms with Gasteiger partial charge in [-0.05, 0) is 63.1 Å². The average Bonchev–Trinajstić information content (AvgIpc) is 3.23. The number of hydrogen-bond acceptors (Lipinski definition) is 5. The van der Waals surface area contributed by atoms with E-state index in [4.69, 9.17) is 4.74 Å².